The highest BCUT2D eigenvalue weighted by molar-refractivity contribution is 8.15. The minimum Gasteiger partial charge on any atom is -0.292 e. The number of carbonyl (C=O) groups excluding carboxylic acids is 1. The first-order valence-electron chi connectivity index (χ1n) is 10.3. The Kier molecular flexibility index (Phi) is 7.09. The highest BCUT2D eigenvalue weighted by Crippen LogP contribution is 2.25. The van der Waals surface area contributed by atoms with Crippen LogP contribution in [0.4, 0.5) is 5.69 Å². The Bertz CT molecular complexity index is 1190. The van der Waals surface area contributed by atoms with Crippen molar-refractivity contribution < 1.29 is 4.79 Å². The lowest BCUT2D eigenvalue weighted by atomic mass is 10.1. The maximum atomic E-state index is 12.3. The van der Waals surface area contributed by atoms with Gasteiger partial charge in [0.25, 0.3) is 0 Å². The molecule has 0 spiro atoms. The summed E-state index contributed by atoms with van der Waals surface area (Å²) >= 11 is 1.21. The van der Waals surface area contributed by atoms with Crippen LogP contribution in [-0.2, 0) is 17.6 Å². The lowest BCUT2D eigenvalue weighted by Crippen LogP contribution is -2.11. The van der Waals surface area contributed by atoms with Gasteiger partial charge in [-0.1, -0.05) is 66.7 Å². The number of benzene rings is 3. The summed E-state index contributed by atoms with van der Waals surface area (Å²) < 4.78 is 1.99. The number of hydrazone groups is 1. The van der Waals surface area contributed by atoms with Crippen molar-refractivity contribution in [3.8, 4) is 5.69 Å². The Morgan fingerprint density at radius 1 is 0.875 bits per heavy atom. The van der Waals surface area contributed by atoms with Crippen molar-refractivity contribution in [2.45, 2.75) is 24.9 Å². The van der Waals surface area contributed by atoms with E-state index >= 15 is 0 Å². The fourth-order valence-electron chi connectivity index (χ4n) is 3.15. The fraction of sp³-hybridized carbons (Fsp3) is 0.120. The van der Waals surface area contributed by atoms with Gasteiger partial charge < -0.3 is 0 Å². The lowest BCUT2D eigenvalue weighted by molar-refractivity contribution is -0.110. The molecular formula is C25H23N5OS. The van der Waals surface area contributed by atoms with Gasteiger partial charge in [-0.3, -0.25) is 14.8 Å². The number of aromatic nitrogens is 3. The Hall–Kier alpha value is -3.71. The predicted octanol–water partition coefficient (Wildman–Crippen LogP) is 5.16. The molecule has 160 valence electrons. The lowest BCUT2D eigenvalue weighted by Gasteiger charge is -2.10. The van der Waals surface area contributed by atoms with Gasteiger partial charge in [-0.25, -0.2) is 0 Å². The molecule has 4 rings (SSSR count). The van der Waals surface area contributed by atoms with Crippen molar-refractivity contribution in [1.29, 1.82) is 0 Å². The average molecular weight is 442 g/mol. The third-order valence-corrected chi connectivity index (χ3v) is 5.76. The molecule has 0 atom stereocenters. The second-order valence-corrected chi connectivity index (χ2v) is 8.06. The van der Waals surface area contributed by atoms with E-state index in [2.05, 4.69) is 32.9 Å². The molecule has 4 aromatic rings. The molecule has 0 unspecified atom stereocenters. The molecule has 0 saturated heterocycles. The summed E-state index contributed by atoms with van der Waals surface area (Å²) in [4.78, 5) is 12.3. The molecule has 6 nitrogen and oxygen atoms in total. The van der Waals surface area contributed by atoms with Gasteiger partial charge in [-0.15, -0.1) is 10.2 Å². The van der Waals surface area contributed by atoms with Gasteiger partial charge in [0.1, 0.15) is 5.82 Å². The van der Waals surface area contributed by atoms with Crippen LogP contribution < -0.4 is 5.43 Å². The zero-order chi connectivity index (χ0) is 22.2. The first kappa shape index (κ1) is 21.5. The topological polar surface area (TPSA) is 72.2 Å². The molecule has 7 heteroatoms. The number of hydrogen-bond donors (Lipinski definition) is 1. The first-order chi connectivity index (χ1) is 15.7. The van der Waals surface area contributed by atoms with Gasteiger partial charge in [-0.05, 0) is 48.0 Å². The van der Waals surface area contributed by atoms with E-state index in [0.29, 0.717) is 10.2 Å². The van der Waals surface area contributed by atoms with Crippen LogP contribution in [0.2, 0.25) is 0 Å². The van der Waals surface area contributed by atoms with Crippen molar-refractivity contribution in [2.24, 2.45) is 5.10 Å². The molecule has 0 radical (unpaired) electrons. The number of nitrogens with one attached hydrogen (secondary N) is 1. The van der Waals surface area contributed by atoms with Crippen LogP contribution in [-0.4, -0.2) is 25.6 Å². The van der Waals surface area contributed by atoms with E-state index in [-0.39, 0.29) is 5.78 Å². The Balaban J connectivity index is 1.62. The smallest absolute Gasteiger partial charge is 0.202 e. The zero-order valence-electron chi connectivity index (χ0n) is 17.7. The van der Waals surface area contributed by atoms with E-state index in [0.717, 1.165) is 30.0 Å². The maximum Gasteiger partial charge on any atom is 0.202 e. The van der Waals surface area contributed by atoms with Gasteiger partial charge in [0.2, 0.25) is 5.16 Å². The van der Waals surface area contributed by atoms with Crippen LogP contribution in [0.25, 0.3) is 5.69 Å². The van der Waals surface area contributed by atoms with Crippen LogP contribution in [0.15, 0.2) is 101 Å². The van der Waals surface area contributed by atoms with E-state index in [1.807, 2.05) is 83.4 Å². The highest BCUT2D eigenvalue weighted by atomic mass is 32.2. The number of nitrogens with zero attached hydrogens (tertiary/aromatic N) is 4. The Labute approximate surface area is 191 Å². The summed E-state index contributed by atoms with van der Waals surface area (Å²) in [6.07, 6.45) is 1.57. The molecule has 1 aromatic heterocycles. The molecular weight excluding hydrogens is 418 g/mol. The van der Waals surface area contributed by atoms with Gasteiger partial charge in [0.15, 0.2) is 10.8 Å². The van der Waals surface area contributed by atoms with E-state index in [1.54, 1.807) is 0 Å². The SMILES string of the molecule is CC(=O)C(=NNc1ccccc1)Sc1nnc(CCc2ccccc2)n1-c1ccccc1. The number of Topliss-reactive ketones (excluding diaryl/α,β-unsaturated/α-hetero) is 1. The van der Waals surface area contributed by atoms with Crippen LogP contribution in [0.5, 0.6) is 0 Å². The van der Waals surface area contributed by atoms with Gasteiger partial charge in [-0.2, -0.15) is 5.10 Å². The predicted molar refractivity (Wildman–Crippen MR) is 129 cm³/mol. The van der Waals surface area contributed by atoms with Crippen molar-refractivity contribution in [3.63, 3.8) is 0 Å². The number of para-hydroxylation sites is 2. The maximum absolute atomic E-state index is 12.3. The Morgan fingerprint density at radius 3 is 2.16 bits per heavy atom. The number of thioether (sulfide) groups is 1. The molecule has 3 aromatic carbocycles. The van der Waals surface area contributed by atoms with Crippen molar-refractivity contribution in [1.82, 2.24) is 14.8 Å². The molecule has 1 heterocycles. The second kappa shape index (κ2) is 10.5. The third-order valence-electron chi connectivity index (χ3n) is 4.74. The Morgan fingerprint density at radius 2 is 1.50 bits per heavy atom. The second-order valence-electron chi connectivity index (χ2n) is 7.11. The zero-order valence-corrected chi connectivity index (χ0v) is 18.5. The van der Waals surface area contributed by atoms with Gasteiger partial charge in [0, 0.05) is 19.0 Å². The number of hydrogen-bond acceptors (Lipinski definition) is 6. The molecule has 0 aliphatic heterocycles. The normalized spacial score (nSPS) is 11.3. The summed E-state index contributed by atoms with van der Waals surface area (Å²) in [6.45, 7) is 1.50. The monoisotopic (exact) mass is 441 g/mol. The summed E-state index contributed by atoms with van der Waals surface area (Å²) in [6, 6.07) is 29.7. The molecule has 0 aliphatic carbocycles. The molecule has 32 heavy (non-hydrogen) atoms. The van der Waals surface area contributed by atoms with E-state index in [4.69, 9.17) is 0 Å². The fourth-order valence-corrected chi connectivity index (χ4v) is 3.95. The summed E-state index contributed by atoms with van der Waals surface area (Å²) in [7, 11) is 0. The number of rotatable bonds is 8. The van der Waals surface area contributed by atoms with E-state index in [1.165, 1.54) is 24.2 Å². The third kappa shape index (κ3) is 5.50. The minimum atomic E-state index is -0.146. The number of aryl methyl sites for hydroxylation is 2. The molecule has 0 amide bonds. The molecule has 0 fully saturated rings. The number of anilines is 1. The van der Waals surface area contributed by atoms with Gasteiger partial charge >= 0.3 is 0 Å². The summed E-state index contributed by atoms with van der Waals surface area (Å²) in [5.74, 6) is 0.688. The standard InChI is InChI=1S/C25H23N5OS/c1-19(31)24(28-26-21-13-7-3-8-14-21)32-25-29-27-23(18-17-20-11-5-2-6-12-20)30(25)22-15-9-4-10-16-22/h2-16,26H,17-18H2,1H3. The van der Waals surface area contributed by atoms with Crippen LogP contribution in [0.1, 0.15) is 18.3 Å². The van der Waals surface area contributed by atoms with Gasteiger partial charge in [0.05, 0.1) is 5.69 Å². The van der Waals surface area contributed by atoms with Crippen LogP contribution in [0, 0.1) is 0 Å². The van der Waals surface area contributed by atoms with Crippen molar-refractivity contribution in [3.05, 3.63) is 102 Å². The van der Waals surface area contributed by atoms with Crippen LogP contribution in [0.3, 0.4) is 0 Å². The summed E-state index contributed by atoms with van der Waals surface area (Å²) in [5, 5.41) is 14.1. The average Bonchev–Trinajstić information content (AvgIpc) is 3.24. The highest BCUT2D eigenvalue weighted by Gasteiger charge is 2.19. The minimum absolute atomic E-state index is 0.146. The summed E-state index contributed by atoms with van der Waals surface area (Å²) in [5.41, 5.74) is 5.94. The first-order valence-corrected chi connectivity index (χ1v) is 11.1. The number of ketones is 1. The van der Waals surface area contributed by atoms with E-state index in [9.17, 15) is 4.79 Å². The molecule has 1 N–H and O–H groups in total. The largest absolute Gasteiger partial charge is 0.292 e. The van der Waals surface area contributed by atoms with E-state index < -0.39 is 0 Å². The molecule has 0 bridgehead atoms. The van der Waals surface area contributed by atoms with Crippen molar-refractivity contribution >= 4 is 28.3 Å². The molecule has 0 aliphatic rings. The number of carbonyl (C=O) groups is 1. The van der Waals surface area contributed by atoms with Crippen molar-refractivity contribution in [2.75, 3.05) is 5.43 Å². The van der Waals surface area contributed by atoms with Crippen LogP contribution >= 0.6 is 11.8 Å². The quantitative estimate of drug-likeness (QED) is 0.177. The molecule has 0 saturated carbocycles.